The lowest BCUT2D eigenvalue weighted by molar-refractivity contribution is 0.102. The maximum Gasteiger partial charge on any atom is 0.276 e. The monoisotopic (exact) mass is 301 g/mol. The van der Waals surface area contributed by atoms with Crippen molar-refractivity contribution in [2.45, 2.75) is 6.92 Å². The highest BCUT2D eigenvalue weighted by atomic mass is 32.1. The molecule has 3 rings (SSSR count). The average molecular weight is 301 g/mol. The molecule has 21 heavy (non-hydrogen) atoms. The van der Waals surface area contributed by atoms with Crippen molar-refractivity contribution in [2.24, 2.45) is 0 Å². The van der Waals surface area contributed by atoms with E-state index in [0.29, 0.717) is 16.9 Å². The Morgan fingerprint density at radius 1 is 1.33 bits per heavy atom. The lowest BCUT2D eigenvalue weighted by Crippen LogP contribution is -2.13. The Bertz CT molecular complexity index is 780. The van der Waals surface area contributed by atoms with Crippen molar-refractivity contribution in [3.05, 3.63) is 58.9 Å². The molecule has 106 valence electrons. The van der Waals surface area contributed by atoms with Gasteiger partial charge in [-0.1, -0.05) is 6.07 Å². The number of thiophene rings is 1. The second-order valence-electron chi connectivity index (χ2n) is 4.56. The van der Waals surface area contributed by atoms with E-state index in [0.717, 1.165) is 10.6 Å². The molecule has 0 aliphatic heterocycles. The number of amides is 1. The minimum absolute atomic E-state index is 0.294. The highest BCUT2D eigenvalue weighted by molar-refractivity contribution is 7.13. The Morgan fingerprint density at radius 3 is 2.90 bits per heavy atom. The van der Waals surface area contributed by atoms with Crippen molar-refractivity contribution in [1.29, 1.82) is 0 Å². The van der Waals surface area contributed by atoms with Gasteiger partial charge in [0, 0.05) is 5.69 Å². The minimum Gasteiger partial charge on any atom is -0.320 e. The summed E-state index contributed by atoms with van der Waals surface area (Å²) in [5.41, 5.74) is 2.33. The van der Waals surface area contributed by atoms with Crippen LogP contribution in [0.25, 0.3) is 10.6 Å². The summed E-state index contributed by atoms with van der Waals surface area (Å²) in [6, 6.07) is 9.79. The Kier molecular flexibility index (Phi) is 3.53. The number of halogens is 1. The Morgan fingerprint density at radius 2 is 2.19 bits per heavy atom. The molecule has 0 fully saturated rings. The van der Waals surface area contributed by atoms with E-state index in [9.17, 15) is 9.18 Å². The lowest BCUT2D eigenvalue weighted by atomic mass is 10.2. The van der Waals surface area contributed by atoms with Crippen molar-refractivity contribution in [1.82, 2.24) is 10.2 Å². The number of benzene rings is 1. The molecule has 0 saturated heterocycles. The van der Waals surface area contributed by atoms with E-state index in [-0.39, 0.29) is 11.7 Å². The number of rotatable bonds is 3. The number of nitrogens with one attached hydrogen (secondary N) is 2. The summed E-state index contributed by atoms with van der Waals surface area (Å²) in [7, 11) is 0. The molecule has 1 aromatic carbocycles. The zero-order valence-corrected chi connectivity index (χ0v) is 12.0. The van der Waals surface area contributed by atoms with E-state index in [1.165, 1.54) is 18.2 Å². The Labute approximate surface area is 124 Å². The van der Waals surface area contributed by atoms with Crippen molar-refractivity contribution in [2.75, 3.05) is 5.32 Å². The quantitative estimate of drug-likeness (QED) is 0.772. The zero-order chi connectivity index (χ0) is 14.8. The Hall–Kier alpha value is -2.47. The van der Waals surface area contributed by atoms with Crippen LogP contribution in [0, 0.1) is 12.7 Å². The molecule has 0 aliphatic rings. The van der Waals surface area contributed by atoms with E-state index in [1.54, 1.807) is 24.3 Å². The fourth-order valence-electron chi connectivity index (χ4n) is 1.95. The maximum absolute atomic E-state index is 13.0. The van der Waals surface area contributed by atoms with E-state index in [1.807, 2.05) is 17.5 Å². The molecule has 0 saturated carbocycles. The first kappa shape index (κ1) is 13.5. The van der Waals surface area contributed by atoms with Gasteiger partial charge in [0.1, 0.15) is 5.82 Å². The zero-order valence-electron chi connectivity index (χ0n) is 11.2. The van der Waals surface area contributed by atoms with Crippen LogP contribution in [0.1, 0.15) is 16.1 Å². The van der Waals surface area contributed by atoms with Gasteiger partial charge in [0.25, 0.3) is 5.91 Å². The van der Waals surface area contributed by atoms with Crippen LogP contribution in [0.5, 0.6) is 0 Å². The fourth-order valence-corrected chi connectivity index (χ4v) is 2.64. The van der Waals surface area contributed by atoms with Gasteiger partial charge < -0.3 is 5.32 Å². The summed E-state index contributed by atoms with van der Waals surface area (Å²) in [5, 5.41) is 11.5. The van der Waals surface area contributed by atoms with Gasteiger partial charge in [0.15, 0.2) is 5.69 Å². The molecule has 0 aliphatic carbocycles. The number of aromatic nitrogens is 2. The third-order valence-electron chi connectivity index (χ3n) is 3.03. The molecule has 0 spiro atoms. The lowest BCUT2D eigenvalue weighted by Gasteiger charge is -2.06. The van der Waals surface area contributed by atoms with Crippen molar-refractivity contribution >= 4 is 22.9 Å². The van der Waals surface area contributed by atoms with Crippen molar-refractivity contribution in [3.63, 3.8) is 0 Å². The van der Waals surface area contributed by atoms with Crippen LogP contribution in [0.15, 0.2) is 41.8 Å². The summed E-state index contributed by atoms with van der Waals surface area (Å²) in [6.07, 6.45) is 0. The van der Waals surface area contributed by atoms with Crippen molar-refractivity contribution < 1.29 is 9.18 Å². The van der Waals surface area contributed by atoms with Crippen LogP contribution in [0.4, 0.5) is 10.1 Å². The van der Waals surface area contributed by atoms with Crippen LogP contribution >= 0.6 is 11.3 Å². The first-order valence-corrected chi connectivity index (χ1v) is 7.18. The largest absolute Gasteiger partial charge is 0.320 e. The fraction of sp³-hybridized carbons (Fsp3) is 0.0667. The smallest absolute Gasteiger partial charge is 0.276 e. The molecule has 3 aromatic rings. The first-order chi connectivity index (χ1) is 10.1. The molecule has 0 radical (unpaired) electrons. The van der Waals surface area contributed by atoms with Crippen LogP contribution < -0.4 is 5.32 Å². The standard InChI is InChI=1S/C15H12FN3OS/c1-9-7-10(16)4-5-11(9)17-15(20)13-8-12(18-19-13)14-3-2-6-21-14/h2-8H,1H3,(H,17,20)(H,18,19). The summed E-state index contributed by atoms with van der Waals surface area (Å²) in [6.45, 7) is 1.74. The first-order valence-electron chi connectivity index (χ1n) is 6.30. The van der Waals surface area contributed by atoms with E-state index in [4.69, 9.17) is 0 Å². The van der Waals surface area contributed by atoms with E-state index >= 15 is 0 Å². The predicted octanol–water partition coefficient (Wildman–Crippen LogP) is 3.84. The molecule has 4 nitrogen and oxygen atoms in total. The molecular formula is C15H12FN3OS. The third kappa shape index (κ3) is 2.85. The minimum atomic E-state index is -0.330. The molecule has 6 heteroatoms. The molecule has 2 aromatic heterocycles. The van der Waals surface area contributed by atoms with Crippen molar-refractivity contribution in [3.8, 4) is 10.6 Å². The van der Waals surface area contributed by atoms with Gasteiger partial charge >= 0.3 is 0 Å². The molecule has 1 amide bonds. The Balaban J connectivity index is 1.79. The maximum atomic E-state index is 13.0. The number of carbonyl (C=O) groups is 1. The summed E-state index contributed by atoms with van der Waals surface area (Å²) < 4.78 is 13.0. The highest BCUT2D eigenvalue weighted by Gasteiger charge is 2.13. The van der Waals surface area contributed by atoms with Gasteiger partial charge in [-0.05, 0) is 48.2 Å². The van der Waals surface area contributed by atoms with Crippen LogP contribution in [0.2, 0.25) is 0 Å². The van der Waals surface area contributed by atoms with Gasteiger partial charge in [-0.25, -0.2) is 4.39 Å². The number of anilines is 1. The molecule has 0 atom stereocenters. The molecular weight excluding hydrogens is 289 g/mol. The van der Waals surface area contributed by atoms with Gasteiger partial charge in [0.05, 0.1) is 10.6 Å². The SMILES string of the molecule is Cc1cc(F)ccc1NC(=O)c1cc(-c2cccs2)[nH]n1. The molecule has 2 heterocycles. The number of hydrogen-bond acceptors (Lipinski definition) is 3. The summed E-state index contributed by atoms with van der Waals surface area (Å²) in [4.78, 5) is 13.2. The van der Waals surface area contributed by atoms with E-state index < -0.39 is 0 Å². The summed E-state index contributed by atoms with van der Waals surface area (Å²) >= 11 is 1.56. The number of hydrogen-bond donors (Lipinski definition) is 2. The van der Waals surface area contributed by atoms with Crippen LogP contribution in [0.3, 0.4) is 0 Å². The third-order valence-corrected chi connectivity index (χ3v) is 3.94. The number of aryl methyl sites for hydroxylation is 1. The summed E-state index contributed by atoms with van der Waals surface area (Å²) in [5.74, 6) is -0.658. The number of H-pyrrole nitrogens is 1. The number of aromatic amines is 1. The van der Waals surface area contributed by atoms with Gasteiger partial charge in [-0.15, -0.1) is 11.3 Å². The van der Waals surface area contributed by atoms with Gasteiger partial charge in [0.2, 0.25) is 0 Å². The highest BCUT2D eigenvalue weighted by Crippen LogP contribution is 2.23. The molecule has 0 bridgehead atoms. The molecule has 2 N–H and O–H groups in total. The second kappa shape index (κ2) is 5.49. The van der Waals surface area contributed by atoms with Gasteiger partial charge in [-0.2, -0.15) is 5.10 Å². The predicted molar refractivity (Wildman–Crippen MR) is 81.0 cm³/mol. The second-order valence-corrected chi connectivity index (χ2v) is 5.51. The van der Waals surface area contributed by atoms with Crippen LogP contribution in [-0.4, -0.2) is 16.1 Å². The van der Waals surface area contributed by atoms with Crippen LogP contribution in [-0.2, 0) is 0 Å². The topological polar surface area (TPSA) is 57.8 Å². The number of carbonyl (C=O) groups excluding carboxylic acids is 1. The average Bonchev–Trinajstić information content (AvgIpc) is 3.10. The number of nitrogens with zero attached hydrogens (tertiary/aromatic N) is 1. The van der Waals surface area contributed by atoms with E-state index in [2.05, 4.69) is 15.5 Å². The van der Waals surface area contributed by atoms with Gasteiger partial charge in [-0.3, -0.25) is 9.89 Å². The molecule has 0 unspecified atom stereocenters. The normalized spacial score (nSPS) is 10.6.